The maximum Gasteiger partial charge on any atom is 0.306 e. The van der Waals surface area contributed by atoms with Gasteiger partial charge in [0.25, 0.3) is 0 Å². The van der Waals surface area contributed by atoms with Crippen LogP contribution < -0.4 is 5.73 Å². The number of aliphatic hydroxyl groups is 1. The zero-order chi connectivity index (χ0) is 9.72. The Balaban J connectivity index is 3.91. The number of aliphatic carboxylic acids is 1. The van der Waals surface area contributed by atoms with E-state index in [1.165, 1.54) is 0 Å². The summed E-state index contributed by atoms with van der Waals surface area (Å²) in [5.41, 5.74) is 5.61. The molecule has 0 saturated carbocycles. The molecule has 0 aromatic carbocycles. The standard InChI is InChI=1S/C8H17NO3/c1-3-5(2)8(9)6(10)4-7(11)12/h5-6,8,10H,3-4,9H2,1-2H3,(H,11,12)/t5-,6+,8-/m1/s1. The van der Waals surface area contributed by atoms with Crippen molar-refractivity contribution < 1.29 is 15.0 Å². The summed E-state index contributed by atoms with van der Waals surface area (Å²) in [7, 11) is 0. The van der Waals surface area contributed by atoms with E-state index in [-0.39, 0.29) is 12.3 Å². The van der Waals surface area contributed by atoms with Gasteiger partial charge >= 0.3 is 5.97 Å². The molecule has 4 N–H and O–H groups in total. The minimum Gasteiger partial charge on any atom is -0.481 e. The molecule has 4 nitrogen and oxygen atoms in total. The number of hydrogen-bond acceptors (Lipinski definition) is 3. The van der Waals surface area contributed by atoms with E-state index in [9.17, 15) is 9.90 Å². The molecule has 0 saturated heterocycles. The fourth-order valence-electron chi connectivity index (χ4n) is 0.966. The summed E-state index contributed by atoms with van der Waals surface area (Å²) in [4.78, 5) is 10.2. The Morgan fingerprint density at radius 3 is 2.42 bits per heavy atom. The van der Waals surface area contributed by atoms with Gasteiger partial charge in [-0.3, -0.25) is 4.79 Å². The van der Waals surface area contributed by atoms with Gasteiger partial charge in [-0.25, -0.2) is 0 Å². The summed E-state index contributed by atoms with van der Waals surface area (Å²) < 4.78 is 0. The Morgan fingerprint density at radius 2 is 2.08 bits per heavy atom. The lowest BCUT2D eigenvalue weighted by atomic mass is 9.94. The third-order valence-electron chi connectivity index (χ3n) is 2.13. The Labute approximate surface area is 72.4 Å². The summed E-state index contributed by atoms with van der Waals surface area (Å²) in [5.74, 6) is -0.861. The number of nitrogens with two attached hydrogens (primary N) is 1. The van der Waals surface area contributed by atoms with E-state index in [2.05, 4.69) is 0 Å². The average molecular weight is 175 g/mol. The van der Waals surface area contributed by atoms with Gasteiger partial charge in [0.15, 0.2) is 0 Å². The molecule has 4 heteroatoms. The summed E-state index contributed by atoms with van der Waals surface area (Å²) in [6.45, 7) is 3.85. The second-order valence-corrected chi connectivity index (χ2v) is 3.13. The third kappa shape index (κ3) is 3.69. The van der Waals surface area contributed by atoms with Gasteiger partial charge in [-0.2, -0.15) is 0 Å². The lowest BCUT2D eigenvalue weighted by Crippen LogP contribution is -2.41. The van der Waals surface area contributed by atoms with Gasteiger partial charge in [0.2, 0.25) is 0 Å². The summed E-state index contributed by atoms with van der Waals surface area (Å²) in [6, 6.07) is -0.439. The van der Waals surface area contributed by atoms with E-state index in [0.717, 1.165) is 6.42 Å². The summed E-state index contributed by atoms with van der Waals surface area (Å²) in [5, 5.41) is 17.7. The average Bonchev–Trinajstić information content (AvgIpc) is 2.00. The maximum atomic E-state index is 10.2. The van der Waals surface area contributed by atoms with Crippen LogP contribution in [0.4, 0.5) is 0 Å². The van der Waals surface area contributed by atoms with Crippen LogP contribution in [0.25, 0.3) is 0 Å². The third-order valence-corrected chi connectivity index (χ3v) is 2.13. The fraction of sp³-hybridized carbons (Fsp3) is 0.875. The fourth-order valence-corrected chi connectivity index (χ4v) is 0.966. The molecule has 0 radical (unpaired) electrons. The van der Waals surface area contributed by atoms with Crippen molar-refractivity contribution >= 4 is 5.97 Å². The zero-order valence-corrected chi connectivity index (χ0v) is 7.53. The van der Waals surface area contributed by atoms with Crippen molar-refractivity contribution in [3.8, 4) is 0 Å². The molecule has 0 bridgehead atoms. The molecule has 12 heavy (non-hydrogen) atoms. The molecular formula is C8H17NO3. The van der Waals surface area contributed by atoms with Gasteiger partial charge in [0.05, 0.1) is 12.5 Å². The lowest BCUT2D eigenvalue weighted by Gasteiger charge is -2.22. The van der Waals surface area contributed by atoms with Gasteiger partial charge < -0.3 is 15.9 Å². The molecule has 0 spiro atoms. The Kier molecular flexibility index (Phi) is 4.85. The molecule has 0 fully saturated rings. The molecule has 0 aromatic heterocycles. The molecule has 0 aromatic rings. The van der Waals surface area contributed by atoms with Crippen LogP contribution in [-0.4, -0.2) is 28.3 Å². The second-order valence-electron chi connectivity index (χ2n) is 3.13. The highest BCUT2D eigenvalue weighted by Gasteiger charge is 2.22. The number of rotatable bonds is 5. The molecule has 0 aliphatic carbocycles. The van der Waals surface area contributed by atoms with Crippen molar-refractivity contribution in [2.24, 2.45) is 11.7 Å². The molecule has 0 rings (SSSR count). The van der Waals surface area contributed by atoms with Crippen LogP contribution in [0.5, 0.6) is 0 Å². The van der Waals surface area contributed by atoms with Crippen LogP contribution in [0.1, 0.15) is 26.7 Å². The smallest absolute Gasteiger partial charge is 0.306 e. The zero-order valence-electron chi connectivity index (χ0n) is 7.53. The predicted molar refractivity (Wildman–Crippen MR) is 45.7 cm³/mol. The van der Waals surface area contributed by atoms with E-state index in [1.807, 2.05) is 13.8 Å². The first kappa shape index (κ1) is 11.4. The van der Waals surface area contributed by atoms with Crippen LogP contribution in [0, 0.1) is 5.92 Å². The summed E-state index contributed by atoms with van der Waals surface area (Å²) >= 11 is 0. The number of aliphatic hydroxyl groups excluding tert-OH is 1. The highest BCUT2D eigenvalue weighted by molar-refractivity contribution is 5.67. The van der Waals surface area contributed by atoms with Gasteiger partial charge in [0, 0.05) is 6.04 Å². The van der Waals surface area contributed by atoms with Gasteiger partial charge in [-0.15, -0.1) is 0 Å². The van der Waals surface area contributed by atoms with E-state index < -0.39 is 18.1 Å². The van der Waals surface area contributed by atoms with Crippen LogP contribution in [0.3, 0.4) is 0 Å². The van der Waals surface area contributed by atoms with Crippen molar-refractivity contribution in [2.75, 3.05) is 0 Å². The van der Waals surface area contributed by atoms with Crippen LogP contribution in [0.15, 0.2) is 0 Å². The highest BCUT2D eigenvalue weighted by atomic mass is 16.4. The van der Waals surface area contributed by atoms with Crippen molar-refractivity contribution in [1.29, 1.82) is 0 Å². The van der Waals surface area contributed by atoms with Crippen molar-refractivity contribution in [2.45, 2.75) is 38.8 Å². The monoisotopic (exact) mass is 175 g/mol. The number of carbonyl (C=O) groups is 1. The molecule has 0 amide bonds. The van der Waals surface area contributed by atoms with E-state index in [4.69, 9.17) is 10.8 Å². The SMILES string of the molecule is CC[C@@H](C)[C@@H](N)[C@@H](O)CC(=O)O. The van der Waals surface area contributed by atoms with Crippen molar-refractivity contribution in [3.05, 3.63) is 0 Å². The van der Waals surface area contributed by atoms with E-state index >= 15 is 0 Å². The van der Waals surface area contributed by atoms with Crippen molar-refractivity contribution in [1.82, 2.24) is 0 Å². The van der Waals surface area contributed by atoms with Crippen LogP contribution in [-0.2, 0) is 4.79 Å². The molecule has 0 aliphatic heterocycles. The molecular weight excluding hydrogens is 158 g/mol. The number of hydrogen-bond donors (Lipinski definition) is 3. The molecule has 0 heterocycles. The Bertz CT molecular complexity index is 149. The first-order valence-electron chi connectivity index (χ1n) is 4.14. The van der Waals surface area contributed by atoms with Crippen LogP contribution >= 0.6 is 0 Å². The minimum absolute atomic E-state index is 0.152. The van der Waals surface area contributed by atoms with E-state index in [0.29, 0.717) is 0 Å². The molecule has 0 aliphatic rings. The Morgan fingerprint density at radius 1 is 1.58 bits per heavy atom. The van der Waals surface area contributed by atoms with Gasteiger partial charge in [-0.1, -0.05) is 20.3 Å². The largest absolute Gasteiger partial charge is 0.481 e. The Hall–Kier alpha value is -0.610. The first-order valence-corrected chi connectivity index (χ1v) is 4.14. The van der Waals surface area contributed by atoms with Crippen molar-refractivity contribution in [3.63, 3.8) is 0 Å². The quantitative estimate of drug-likeness (QED) is 0.557. The lowest BCUT2D eigenvalue weighted by molar-refractivity contribution is -0.139. The predicted octanol–water partition coefficient (Wildman–Crippen LogP) is 0.195. The normalized spacial score (nSPS) is 18.3. The molecule has 3 atom stereocenters. The second kappa shape index (κ2) is 5.11. The molecule has 0 unspecified atom stereocenters. The van der Waals surface area contributed by atoms with Gasteiger partial charge in [0.1, 0.15) is 0 Å². The first-order chi connectivity index (χ1) is 5.49. The maximum absolute atomic E-state index is 10.2. The molecule has 72 valence electrons. The number of carboxylic acids is 1. The van der Waals surface area contributed by atoms with Crippen LogP contribution in [0.2, 0.25) is 0 Å². The topological polar surface area (TPSA) is 83.5 Å². The minimum atomic E-state index is -1.01. The highest BCUT2D eigenvalue weighted by Crippen LogP contribution is 2.10. The van der Waals surface area contributed by atoms with Gasteiger partial charge in [-0.05, 0) is 5.92 Å². The van der Waals surface area contributed by atoms with E-state index in [1.54, 1.807) is 0 Å². The summed E-state index contributed by atoms with van der Waals surface area (Å²) in [6.07, 6.45) is -0.360. The number of carboxylic acid groups (broad SMARTS) is 1.